The Morgan fingerprint density at radius 1 is 1.00 bits per heavy atom. The van der Waals surface area contributed by atoms with Crippen LogP contribution in [0, 0.1) is 6.92 Å². The van der Waals surface area contributed by atoms with Crippen LogP contribution >= 0.6 is 0 Å². The molecule has 2 heterocycles. The van der Waals surface area contributed by atoms with Crippen molar-refractivity contribution in [3.63, 3.8) is 0 Å². The van der Waals surface area contributed by atoms with Gasteiger partial charge < -0.3 is 18.9 Å². The van der Waals surface area contributed by atoms with Crippen LogP contribution in [0.25, 0.3) is 10.9 Å². The molecule has 8 nitrogen and oxygen atoms in total. The highest BCUT2D eigenvalue weighted by molar-refractivity contribution is 7.80. The van der Waals surface area contributed by atoms with Gasteiger partial charge in [-0.15, -0.1) is 0 Å². The van der Waals surface area contributed by atoms with E-state index in [1.54, 1.807) is 36.0 Å². The minimum absolute atomic E-state index is 0.00564. The lowest BCUT2D eigenvalue weighted by atomic mass is 9.98. The fourth-order valence-electron chi connectivity index (χ4n) is 5.61. The zero-order valence-corrected chi connectivity index (χ0v) is 24.4. The summed E-state index contributed by atoms with van der Waals surface area (Å²) in [6, 6.07) is 23.8. The van der Waals surface area contributed by atoms with Gasteiger partial charge in [0.05, 0.1) is 0 Å². The summed E-state index contributed by atoms with van der Waals surface area (Å²) >= 11 is -2.66. The molecule has 3 unspecified atom stereocenters. The smallest absolute Gasteiger partial charge is 0.246 e. The molecule has 1 aromatic heterocycles. The van der Waals surface area contributed by atoms with E-state index >= 15 is 0 Å². The van der Waals surface area contributed by atoms with Crippen molar-refractivity contribution in [2.24, 2.45) is 0 Å². The van der Waals surface area contributed by atoms with E-state index in [1.807, 2.05) is 78.4 Å². The van der Waals surface area contributed by atoms with Gasteiger partial charge in [0.25, 0.3) is 0 Å². The molecule has 0 aliphatic carbocycles. The second kappa shape index (κ2) is 12.3. The molecule has 3 atom stereocenters. The Bertz CT molecular complexity index is 1550. The van der Waals surface area contributed by atoms with Crippen LogP contribution in [0.1, 0.15) is 29.0 Å². The van der Waals surface area contributed by atoms with Crippen LogP contribution in [-0.2, 0) is 33.8 Å². The highest BCUT2D eigenvalue weighted by atomic mass is 32.2. The number of amides is 2. The predicted octanol–water partition coefficient (Wildman–Crippen LogP) is 4.27. The third kappa shape index (κ3) is 6.21. The molecule has 0 spiro atoms. The number of hydrogen-bond donors (Lipinski definition) is 0. The Kier molecular flexibility index (Phi) is 8.56. The van der Waals surface area contributed by atoms with E-state index in [4.69, 9.17) is 0 Å². The van der Waals surface area contributed by atoms with Crippen molar-refractivity contribution in [3.05, 3.63) is 102 Å². The van der Waals surface area contributed by atoms with Gasteiger partial charge in [-0.1, -0.05) is 66.2 Å². The molecule has 214 valence electrons. The Hall–Kier alpha value is -3.95. The monoisotopic (exact) mass is 571 g/mol. The summed E-state index contributed by atoms with van der Waals surface area (Å²) in [5, 5.41) is 1.07. The Labute approximate surface area is 243 Å². The maximum Gasteiger partial charge on any atom is 0.246 e. The van der Waals surface area contributed by atoms with Crippen molar-refractivity contribution >= 4 is 39.7 Å². The van der Waals surface area contributed by atoms with Gasteiger partial charge in [0.1, 0.15) is 12.6 Å². The summed E-state index contributed by atoms with van der Waals surface area (Å²) < 4.78 is 28.4. The highest BCUT2D eigenvalue weighted by Crippen LogP contribution is 2.35. The van der Waals surface area contributed by atoms with Crippen molar-refractivity contribution in [2.75, 3.05) is 31.5 Å². The summed E-state index contributed by atoms with van der Waals surface area (Å²) in [6.45, 7) is 3.18. The van der Waals surface area contributed by atoms with Crippen LogP contribution in [0.15, 0.2) is 85.1 Å². The first kappa shape index (κ1) is 28.6. The van der Waals surface area contributed by atoms with Gasteiger partial charge in [-0.25, -0.2) is 0 Å². The number of hydrogen-bond acceptors (Lipinski definition) is 4. The number of fused-ring (bicyclic) bond motifs is 1. The molecule has 4 aromatic rings. The van der Waals surface area contributed by atoms with E-state index < -0.39 is 17.3 Å². The summed E-state index contributed by atoms with van der Waals surface area (Å²) in [5.41, 5.74) is 4.44. The van der Waals surface area contributed by atoms with Crippen molar-refractivity contribution in [1.29, 1.82) is 0 Å². The molecule has 0 bridgehead atoms. The van der Waals surface area contributed by atoms with Crippen molar-refractivity contribution in [2.45, 2.75) is 38.3 Å². The molecule has 1 fully saturated rings. The second-order valence-corrected chi connectivity index (χ2v) is 11.7. The third-order valence-corrected chi connectivity index (χ3v) is 8.64. The van der Waals surface area contributed by atoms with Gasteiger partial charge in [0.2, 0.25) is 11.8 Å². The fourth-order valence-corrected chi connectivity index (χ4v) is 6.28. The second-order valence-electron chi connectivity index (χ2n) is 10.9. The molecule has 41 heavy (non-hydrogen) atoms. The maximum absolute atomic E-state index is 14.2. The average Bonchev–Trinajstić information content (AvgIpc) is 3.59. The molecule has 3 aromatic carbocycles. The number of likely N-dealkylation sites (N-methyl/N-ethyl adjacent to an activating group) is 1. The Morgan fingerprint density at radius 2 is 1.68 bits per heavy atom. The van der Waals surface area contributed by atoms with Gasteiger partial charge in [-0.2, -0.15) is 0 Å². The SMILES string of the molecule is Cc1ccc(N(C(Cc2ccccc2)C(=O)N2CCC(c3cn(CC(=O)N(C)C)c4ccccc34)C2)S(=O)[O-])cc1. The van der Waals surface area contributed by atoms with Crippen molar-refractivity contribution < 1.29 is 18.4 Å². The van der Waals surface area contributed by atoms with Crippen LogP contribution in [0.3, 0.4) is 0 Å². The van der Waals surface area contributed by atoms with E-state index in [-0.39, 0.29) is 30.7 Å². The zero-order chi connectivity index (χ0) is 29.1. The lowest BCUT2D eigenvalue weighted by molar-refractivity contribution is -0.131. The molecular formula is C32H35N4O4S-. The number of rotatable bonds is 9. The van der Waals surface area contributed by atoms with E-state index in [0.717, 1.165) is 34.0 Å². The topological polar surface area (TPSA) is 88.9 Å². The summed E-state index contributed by atoms with van der Waals surface area (Å²) in [4.78, 5) is 30.0. The molecule has 0 radical (unpaired) electrons. The van der Waals surface area contributed by atoms with Crippen molar-refractivity contribution in [3.8, 4) is 0 Å². The van der Waals surface area contributed by atoms with E-state index in [0.29, 0.717) is 18.8 Å². The number of aromatic nitrogens is 1. The number of carbonyl (C=O) groups excluding carboxylic acids is 2. The lowest BCUT2D eigenvalue weighted by Gasteiger charge is -2.36. The summed E-state index contributed by atoms with van der Waals surface area (Å²) in [6.07, 6.45) is 3.05. The standard InChI is InChI=1S/C32H36N4O4S/c1-23-13-15-26(16-14-23)36(41(39)40)30(19-24-9-5-4-6-10-24)32(38)34-18-17-25(20-34)28-21-35(22-31(37)33(2)3)29-12-8-7-11-27(28)29/h4-16,21,25,30H,17-20,22H2,1-3H3,(H,39,40)/p-1. The van der Waals surface area contributed by atoms with Gasteiger partial charge in [-0.3, -0.25) is 18.1 Å². The lowest BCUT2D eigenvalue weighted by Crippen LogP contribution is -2.50. The molecule has 1 saturated heterocycles. The normalized spacial score (nSPS) is 16.5. The van der Waals surface area contributed by atoms with Crippen LogP contribution in [-0.4, -0.2) is 68.2 Å². The minimum Gasteiger partial charge on any atom is -0.755 e. The molecule has 5 rings (SSSR count). The van der Waals surface area contributed by atoms with Crippen LogP contribution in [0.2, 0.25) is 0 Å². The Morgan fingerprint density at radius 3 is 2.37 bits per heavy atom. The average molecular weight is 572 g/mol. The molecule has 1 aliphatic heterocycles. The van der Waals surface area contributed by atoms with Gasteiger partial charge in [-0.05, 0) is 42.7 Å². The fraction of sp³-hybridized carbons (Fsp3) is 0.312. The highest BCUT2D eigenvalue weighted by Gasteiger charge is 2.36. The number of carbonyl (C=O) groups is 2. The van der Waals surface area contributed by atoms with Crippen LogP contribution < -0.4 is 4.31 Å². The van der Waals surface area contributed by atoms with Crippen molar-refractivity contribution in [1.82, 2.24) is 14.4 Å². The van der Waals surface area contributed by atoms with Gasteiger partial charge >= 0.3 is 0 Å². The Balaban J connectivity index is 1.44. The molecule has 0 saturated carbocycles. The van der Waals surface area contributed by atoms with E-state index in [2.05, 4.69) is 6.07 Å². The first-order valence-electron chi connectivity index (χ1n) is 13.8. The molecular weight excluding hydrogens is 536 g/mol. The summed E-state index contributed by atoms with van der Waals surface area (Å²) in [7, 11) is 3.49. The zero-order valence-electron chi connectivity index (χ0n) is 23.6. The molecule has 9 heteroatoms. The van der Waals surface area contributed by atoms with Crippen LogP contribution in [0.5, 0.6) is 0 Å². The minimum atomic E-state index is -2.66. The number of para-hydroxylation sites is 1. The maximum atomic E-state index is 14.2. The third-order valence-electron chi connectivity index (χ3n) is 7.85. The summed E-state index contributed by atoms with van der Waals surface area (Å²) in [5.74, 6) is -0.138. The largest absolute Gasteiger partial charge is 0.755 e. The molecule has 1 aliphatic rings. The van der Waals surface area contributed by atoms with E-state index in [9.17, 15) is 18.4 Å². The van der Waals surface area contributed by atoms with Gasteiger partial charge in [0.15, 0.2) is 0 Å². The first-order chi connectivity index (χ1) is 19.7. The van der Waals surface area contributed by atoms with Gasteiger partial charge in [0, 0.05) is 73.6 Å². The molecule has 0 N–H and O–H groups in total. The first-order valence-corrected chi connectivity index (χ1v) is 14.8. The molecule has 2 amide bonds. The van der Waals surface area contributed by atoms with Crippen LogP contribution in [0.4, 0.5) is 5.69 Å². The number of benzene rings is 3. The number of likely N-dealkylation sites (tertiary alicyclic amines) is 1. The quantitative estimate of drug-likeness (QED) is 0.281. The number of anilines is 1. The number of aryl methyl sites for hydroxylation is 1. The number of nitrogens with zero attached hydrogens (tertiary/aromatic N) is 4. The van der Waals surface area contributed by atoms with E-state index in [1.165, 1.54) is 4.31 Å². The predicted molar refractivity (Wildman–Crippen MR) is 161 cm³/mol.